The van der Waals surface area contributed by atoms with E-state index in [4.69, 9.17) is 0 Å². The number of ether oxygens (including phenoxy) is 1. The average Bonchev–Trinajstić information content (AvgIpc) is 3.17. The molecule has 0 saturated carbocycles. The number of hydrogen-bond donors (Lipinski definition) is 2. The number of hydrogen-bond acceptors (Lipinski definition) is 7. The first-order valence-electron chi connectivity index (χ1n) is 10.4. The highest BCUT2D eigenvalue weighted by atomic mass is 19.4. The van der Waals surface area contributed by atoms with Gasteiger partial charge in [-0.05, 0) is 37.6 Å². The van der Waals surface area contributed by atoms with Crippen molar-refractivity contribution in [3.05, 3.63) is 72.1 Å². The molecule has 0 aliphatic carbocycles. The average molecular weight is 484 g/mol. The second-order valence-corrected chi connectivity index (χ2v) is 7.33. The number of rotatable bonds is 7. The van der Waals surface area contributed by atoms with Crippen LogP contribution in [0.5, 0.6) is 5.75 Å². The minimum Gasteiger partial charge on any atom is -0.478 e. The third kappa shape index (κ3) is 5.05. The predicted octanol–water partition coefficient (Wildman–Crippen LogP) is 4.94. The Morgan fingerprint density at radius 1 is 1.17 bits per heavy atom. The minimum atomic E-state index is -4.96. The molecule has 0 radical (unpaired) electrons. The largest absolute Gasteiger partial charge is 0.573 e. The second kappa shape index (κ2) is 9.41. The molecule has 4 aromatic rings. The van der Waals surface area contributed by atoms with E-state index in [0.717, 1.165) is 12.1 Å². The third-order valence-corrected chi connectivity index (χ3v) is 5.01. The van der Waals surface area contributed by atoms with Crippen molar-refractivity contribution in [1.82, 2.24) is 24.7 Å². The highest BCUT2D eigenvalue weighted by molar-refractivity contribution is 5.96. The molecule has 0 unspecified atom stereocenters. The number of benzene rings is 1. The summed E-state index contributed by atoms with van der Waals surface area (Å²) < 4.78 is 43.4. The Kier molecular flexibility index (Phi) is 6.36. The first-order chi connectivity index (χ1) is 16.7. The standard InChI is InChI=1S/C23H19F3N6O3/c1-3-17-19(14-5-4-8-27-12-14)21(32(31-17)20-13(2)28-9-10-29-20)30-18-7-6-15(35-23(24,25)26)11-16(18)22(33)34/h4-12,30H,3H2,1-2H3,(H,33,34). The van der Waals surface area contributed by atoms with E-state index in [9.17, 15) is 23.1 Å². The maximum absolute atomic E-state index is 12.7. The number of anilines is 2. The Hall–Kier alpha value is -4.48. The third-order valence-electron chi connectivity index (χ3n) is 5.01. The van der Waals surface area contributed by atoms with Gasteiger partial charge >= 0.3 is 12.3 Å². The van der Waals surface area contributed by atoms with Gasteiger partial charge < -0.3 is 15.2 Å². The summed E-state index contributed by atoms with van der Waals surface area (Å²) in [7, 11) is 0. The Morgan fingerprint density at radius 3 is 2.57 bits per heavy atom. The van der Waals surface area contributed by atoms with Gasteiger partial charge in [0.25, 0.3) is 0 Å². The lowest BCUT2D eigenvalue weighted by Gasteiger charge is -2.16. The van der Waals surface area contributed by atoms with Crippen LogP contribution in [0.15, 0.2) is 55.1 Å². The zero-order valence-electron chi connectivity index (χ0n) is 18.5. The molecule has 0 bridgehead atoms. The van der Waals surface area contributed by atoms with Gasteiger partial charge in [-0.3, -0.25) is 9.97 Å². The van der Waals surface area contributed by atoms with Crippen molar-refractivity contribution in [3.63, 3.8) is 0 Å². The van der Waals surface area contributed by atoms with Crippen molar-refractivity contribution in [2.45, 2.75) is 26.6 Å². The number of carboxylic acid groups (broad SMARTS) is 1. The summed E-state index contributed by atoms with van der Waals surface area (Å²) in [6.07, 6.45) is 1.83. The number of pyridine rings is 1. The molecule has 3 heterocycles. The summed E-state index contributed by atoms with van der Waals surface area (Å²) >= 11 is 0. The van der Waals surface area contributed by atoms with Gasteiger partial charge in [0.2, 0.25) is 0 Å². The minimum absolute atomic E-state index is 0.0301. The summed E-state index contributed by atoms with van der Waals surface area (Å²) in [5.41, 5.74) is 2.17. The molecular formula is C23H19F3N6O3. The molecule has 1 aromatic carbocycles. The van der Waals surface area contributed by atoms with E-state index < -0.39 is 23.6 Å². The first-order valence-corrected chi connectivity index (χ1v) is 10.4. The number of alkyl halides is 3. The van der Waals surface area contributed by atoms with Gasteiger partial charge in [-0.25, -0.2) is 9.78 Å². The molecule has 0 amide bonds. The van der Waals surface area contributed by atoms with Crippen LogP contribution >= 0.6 is 0 Å². The van der Waals surface area contributed by atoms with E-state index >= 15 is 0 Å². The molecule has 2 N–H and O–H groups in total. The molecule has 0 aliphatic rings. The SMILES string of the molecule is CCc1nn(-c2nccnc2C)c(Nc2ccc(OC(F)(F)F)cc2C(=O)O)c1-c1cccnc1. The van der Waals surface area contributed by atoms with Crippen molar-refractivity contribution >= 4 is 17.5 Å². The van der Waals surface area contributed by atoms with Crippen LogP contribution in [-0.4, -0.2) is 42.2 Å². The summed E-state index contributed by atoms with van der Waals surface area (Å²) in [5.74, 6) is -1.35. The van der Waals surface area contributed by atoms with Crippen LogP contribution in [0.1, 0.15) is 28.7 Å². The van der Waals surface area contributed by atoms with Gasteiger partial charge in [-0.15, -0.1) is 13.2 Å². The van der Waals surface area contributed by atoms with Crippen molar-refractivity contribution in [2.24, 2.45) is 0 Å². The molecule has 9 nitrogen and oxygen atoms in total. The van der Waals surface area contributed by atoms with Gasteiger partial charge in [0.05, 0.1) is 22.6 Å². The predicted molar refractivity (Wildman–Crippen MR) is 120 cm³/mol. The zero-order valence-corrected chi connectivity index (χ0v) is 18.5. The van der Waals surface area contributed by atoms with E-state index in [1.807, 2.05) is 13.0 Å². The van der Waals surface area contributed by atoms with Gasteiger partial charge in [-0.1, -0.05) is 13.0 Å². The van der Waals surface area contributed by atoms with Crippen LogP contribution in [0, 0.1) is 6.92 Å². The highest BCUT2D eigenvalue weighted by Gasteiger charge is 2.32. The maximum atomic E-state index is 12.7. The molecule has 0 atom stereocenters. The van der Waals surface area contributed by atoms with Gasteiger partial charge in [0.15, 0.2) is 5.82 Å². The molecule has 180 valence electrons. The summed E-state index contributed by atoms with van der Waals surface area (Å²) in [6, 6.07) is 6.60. The fourth-order valence-corrected chi connectivity index (χ4v) is 3.54. The lowest BCUT2D eigenvalue weighted by Crippen LogP contribution is -2.17. The van der Waals surface area contributed by atoms with Gasteiger partial charge in [0, 0.05) is 35.9 Å². The van der Waals surface area contributed by atoms with Gasteiger partial charge in [0.1, 0.15) is 11.6 Å². The summed E-state index contributed by atoms with van der Waals surface area (Å²) in [5, 5.41) is 17.4. The van der Waals surface area contributed by atoms with E-state index in [1.54, 1.807) is 25.4 Å². The number of nitrogens with one attached hydrogen (secondary N) is 1. The van der Waals surface area contributed by atoms with Crippen molar-refractivity contribution in [1.29, 1.82) is 0 Å². The molecule has 0 aliphatic heterocycles. The van der Waals surface area contributed by atoms with E-state index in [2.05, 4.69) is 30.1 Å². The zero-order chi connectivity index (χ0) is 25.2. The normalized spacial score (nSPS) is 11.3. The lowest BCUT2D eigenvalue weighted by molar-refractivity contribution is -0.274. The number of aryl methyl sites for hydroxylation is 2. The van der Waals surface area contributed by atoms with E-state index in [-0.39, 0.29) is 5.69 Å². The number of carboxylic acids is 1. The summed E-state index contributed by atoms with van der Waals surface area (Å²) in [6.45, 7) is 3.65. The first kappa shape index (κ1) is 23.7. The van der Waals surface area contributed by atoms with Crippen LogP contribution in [-0.2, 0) is 6.42 Å². The smallest absolute Gasteiger partial charge is 0.478 e. The molecule has 35 heavy (non-hydrogen) atoms. The molecule has 0 fully saturated rings. The Morgan fingerprint density at radius 2 is 1.94 bits per heavy atom. The second-order valence-electron chi connectivity index (χ2n) is 7.33. The van der Waals surface area contributed by atoms with Gasteiger partial charge in [-0.2, -0.15) is 9.78 Å². The Balaban J connectivity index is 1.92. The van der Waals surface area contributed by atoms with Crippen molar-refractivity contribution in [3.8, 4) is 22.7 Å². The molecule has 12 heteroatoms. The lowest BCUT2D eigenvalue weighted by atomic mass is 10.1. The molecule has 0 spiro atoms. The molecular weight excluding hydrogens is 465 g/mol. The monoisotopic (exact) mass is 484 g/mol. The quantitative estimate of drug-likeness (QED) is 0.379. The summed E-state index contributed by atoms with van der Waals surface area (Å²) in [4.78, 5) is 24.7. The van der Waals surface area contributed by atoms with Crippen LogP contribution in [0.3, 0.4) is 0 Å². The number of aromatic nitrogens is 5. The topological polar surface area (TPSA) is 115 Å². The Bertz CT molecular complexity index is 1370. The fraction of sp³-hybridized carbons (Fsp3) is 0.174. The van der Waals surface area contributed by atoms with Crippen molar-refractivity contribution in [2.75, 3.05) is 5.32 Å². The molecule has 4 rings (SSSR count). The Labute approximate surface area is 197 Å². The van der Waals surface area contributed by atoms with Crippen LogP contribution in [0.4, 0.5) is 24.7 Å². The number of carbonyl (C=O) groups is 1. The number of aromatic carboxylic acids is 1. The molecule has 3 aromatic heterocycles. The number of halogens is 3. The highest BCUT2D eigenvalue weighted by Crippen LogP contribution is 2.37. The van der Waals surface area contributed by atoms with Crippen LogP contribution < -0.4 is 10.1 Å². The van der Waals surface area contributed by atoms with Crippen LogP contribution in [0.25, 0.3) is 16.9 Å². The molecule has 0 saturated heterocycles. The number of nitrogens with zero attached hydrogens (tertiary/aromatic N) is 5. The van der Waals surface area contributed by atoms with E-state index in [0.29, 0.717) is 40.6 Å². The fourth-order valence-electron chi connectivity index (χ4n) is 3.54. The maximum Gasteiger partial charge on any atom is 0.573 e. The van der Waals surface area contributed by atoms with Crippen LogP contribution in [0.2, 0.25) is 0 Å². The van der Waals surface area contributed by atoms with E-state index in [1.165, 1.54) is 23.1 Å². The van der Waals surface area contributed by atoms with Crippen molar-refractivity contribution < 1.29 is 27.8 Å².